The molecule has 0 bridgehead atoms. The van der Waals surface area contributed by atoms with Crippen LogP contribution < -0.4 is 15.5 Å². The van der Waals surface area contributed by atoms with Gasteiger partial charge in [-0.2, -0.15) is 0 Å². The molecule has 2 aromatic rings. The van der Waals surface area contributed by atoms with E-state index in [4.69, 9.17) is 0 Å². The molecule has 1 aromatic carbocycles. The van der Waals surface area contributed by atoms with E-state index in [1.54, 1.807) is 12.4 Å². The maximum Gasteiger partial charge on any atom is 0.315 e. The SMILES string of the molecule is CC1(C)CCC(NC(=O)NCCCN2CCN(c3ncccn3)CC2)c2ccccc21. The average Bonchev–Trinajstić information content (AvgIpc) is 2.80. The second kappa shape index (κ2) is 9.64. The van der Waals surface area contributed by atoms with Gasteiger partial charge in [-0.15, -0.1) is 0 Å². The van der Waals surface area contributed by atoms with Gasteiger partial charge in [-0.05, 0) is 48.4 Å². The molecule has 0 spiro atoms. The Balaban J connectivity index is 1.16. The minimum Gasteiger partial charge on any atom is -0.338 e. The minimum absolute atomic E-state index is 0.0643. The van der Waals surface area contributed by atoms with Crippen LogP contribution in [0.2, 0.25) is 0 Å². The van der Waals surface area contributed by atoms with Crippen LogP contribution in [0.3, 0.4) is 0 Å². The molecule has 1 atom stereocenters. The van der Waals surface area contributed by atoms with Gasteiger partial charge >= 0.3 is 6.03 Å². The van der Waals surface area contributed by atoms with Gasteiger partial charge in [0.1, 0.15) is 0 Å². The van der Waals surface area contributed by atoms with Crippen molar-refractivity contribution < 1.29 is 4.79 Å². The number of aromatic nitrogens is 2. The van der Waals surface area contributed by atoms with Crippen LogP contribution in [0.5, 0.6) is 0 Å². The van der Waals surface area contributed by atoms with E-state index in [-0.39, 0.29) is 17.5 Å². The van der Waals surface area contributed by atoms with E-state index in [9.17, 15) is 4.79 Å². The molecule has 1 fully saturated rings. The van der Waals surface area contributed by atoms with Crippen molar-refractivity contribution in [3.63, 3.8) is 0 Å². The van der Waals surface area contributed by atoms with Gasteiger partial charge in [0, 0.05) is 45.1 Å². The monoisotopic (exact) mass is 422 g/mol. The van der Waals surface area contributed by atoms with Crippen LogP contribution in [0, 0.1) is 0 Å². The lowest BCUT2D eigenvalue weighted by atomic mass is 9.71. The van der Waals surface area contributed by atoms with Gasteiger partial charge < -0.3 is 15.5 Å². The number of benzene rings is 1. The number of hydrogen-bond acceptors (Lipinski definition) is 5. The minimum atomic E-state index is -0.0643. The number of carbonyl (C=O) groups excluding carboxylic acids is 1. The van der Waals surface area contributed by atoms with Gasteiger partial charge in [0.15, 0.2) is 0 Å². The summed E-state index contributed by atoms with van der Waals surface area (Å²) in [6.07, 6.45) is 6.59. The summed E-state index contributed by atoms with van der Waals surface area (Å²) in [7, 11) is 0. The van der Waals surface area contributed by atoms with Crippen molar-refractivity contribution in [1.29, 1.82) is 0 Å². The number of rotatable bonds is 6. The molecule has 4 rings (SSSR count). The first kappa shape index (κ1) is 21.6. The number of piperazine rings is 1. The fourth-order valence-electron chi connectivity index (χ4n) is 4.70. The van der Waals surface area contributed by atoms with Crippen LogP contribution in [0.4, 0.5) is 10.7 Å². The summed E-state index contributed by atoms with van der Waals surface area (Å²) in [5.74, 6) is 0.813. The second-order valence-corrected chi connectivity index (χ2v) is 9.19. The maximum absolute atomic E-state index is 12.5. The Morgan fingerprint density at radius 2 is 1.84 bits per heavy atom. The molecule has 1 unspecified atom stereocenters. The Hall–Kier alpha value is -2.67. The van der Waals surface area contributed by atoms with Crippen molar-refractivity contribution in [1.82, 2.24) is 25.5 Å². The quantitative estimate of drug-likeness (QED) is 0.700. The van der Waals surface area contributed by atoms with E-state index in [2.05, 4.69) is 68.5 Å². The Labute approximate surface area is 185 Å². The first-order chi connectivity index (χ1) is 15.0. The fourth-order valence-corrected chi connectivity index (χ4v) is 4.70. The predicted molar refractivity (Wildman–Crippen MR) is 123 cm³/mol. The van der Waals surface area contributed by atoms with E-state index in [1.807, 2.05) is 6.07 Å². The largest absolute Gasteiger partial charge is 0.338 e. The lowest BCUT2D eigenvalue weighted by Gasteiger charge is -2.37. The average molecular weight is 423 g/mol. The molecule has 2 aliphatic rings. The molecule has 0 radical (unpaired) electrons. The molecule has 31 heavy (non-hydrogen) atoms. The summed E-state index contributed by atoms with van der Waals surface area (Å²) in [6.45, 7) is 10.1. The number of anilines is 1. The van der Waals surface area contributed by atoms with E-state index in [0.717, 1.165) is 57.9 Å². The smallest absolute Gasteiger partial charge is 0.315 e. The fraction of sp³-hybridized carbons (Fsp3) is 0.542. The molecule has 1 saturated heterocycles. The Morgan fingerprint density at radius 1 is 1.10 bits per heavy atom. The Morgan fingerprint density at radius 3 is 2.61 bits per heavy atom. The van der Waals surface area contributed by atoms with Crippen LogP contribution in [0.1, 0.15) is 50.3 Å². The topological polar surface area (TPSA) is 73.4 Å². The number of carbonyl (C=O) groups is 1. The van der Waals surface area contributed by atoms with Crippen molar-refractivity contribution in [2.75, 3.05) is 44.2 Å². The second-order valence-electron chi connectivity index (χ2n) is 9.19. The molecule has 166 valence electrons. The third-order valence-corrected chi connectivity index (χ3v) is 6.57. The molecule has 1 aliphatic heterocycles. The van der Waals surface area contributed by atoms with Crippen LogP contribution in [-0.2, 0) is 5.41 Å². The zero-order chi connectivity index (χ0) is 21.7. The van der Waals surface area contributed by atoms with Crippen molar-refractivity contribution >= 4 is 12.0 Å². The normalized spacial score (nSPS) is 20.7. The van der Waals surface area contributed by atoms with Crippen molar-refractivity contribution in [2.24, 2.45) is 0 Å². The van der Waals surface area contributed by atoms with Crippen molar-refractivity contribution in [3.05, 3.63) is 53.9 Å². The first-order valence-electron chi connectivity index (χ1n) is 11.4. The molecule has 7 heteroatoms. The molecule has 2 N–H and O–H groups in total. The van der Waals surface area contributed by atoms with Crippen molar-refractivity contribution in [2.45, 2.75) is 44.6 Å². The predicted octanol–water partition coefficient (Wildman–Crippen LogP) is 3.10. The van der Waals surface area contributed by atoms with E-state index >= 15 is 0 Å². The van der Waals surface area contributed by atoms with Crippen LogP contribution in [-0.4, -0.2) is 60.2 Å². The summed E-state index contributed by atoms with van der Waals surface area (Å²) < 4.78 is 0. The Bertz CT molecular complexity index is 863. The first-order valence-corrected chi connectivity index (χ1v) is 11.4. The maximum atomic E-state index is 12.5. The highest BCUT2D eigenvalue weighted by atomic mass is 16.2. The summed E-state index contributed by atoms with van der Waals surface area (Å²) in [4.78, 5) is 25.8. The summed E-state index contributed by atoms with van der Waals surface area (Å²) in [5, 5.41) is 6.24. The van der Waals surface area contributed by atoms with Crippen LogP contribution >= 0.6 is 0 Å². The number of nitrogens with one attached hydrogen (secondary N) is 2. The molecule has 0 saturated carbocycles. The highest BCUT2D eigenvalue weighted by molar-refractivity contribution is 5.74. The van der Waals surface area contributed by atoms with Gasteiger partial charge in [-0.3, -0.25) is 4.90 Å². The molecular formula is C24H34N6O. The Kier molecular flexibility index (Phi) is 6.70. The van der Waals surface area contributed by atoms with Crippen LogP contribution in [0.25, 0.3) is 0 Å². The number of amides is 2. The summed E-state index contributed by atoms with van der Waals surface area (Å²) in [6, 6.07) is 10.4. The molecule has 1 aromatic heterocycles. The van der Waals surface area contributed by atoms with Gasteiger partial charge in [-0.1, -0.05) is 38.1 Å². The summed E-state index contributed by atoms with van der Waals surface area (Å²) in [5.41, 5.74) is 2.78. The standard InChI is InChI=1S/C24H34N6O/c1-24(2)10-9-21(19-7-3-4-8-20(19)24)28-23(31)27-13-6-14-29-15-17-30(18-16-29)22-25-11-5-12-26-22/h3-5,7-8,11-12,21H,6,9-10,13-18H2,1-2H3,(H2,27,28,31). The van der Waals surface area contributed by atoms with Gasteiger partial charge in [0.05, 0.1) is 6.04 Å². The zero-order valence-electron chi connectivity index (χ0n) is 18.7. The number of nitrogens with zero attached hydrogens (tertiary/aromatic N) is 4. The lowest BCUT2D eigenvalue weighted by Crippen LogP contribution is -2.47. The molecule has 7 nitrogen and oxygen atoms in total. The third kappa shape index (κ3) is 5.34. The van der Waals surface area contributed by atoms with Gasteiger partial charge in [-0.25, -0.2) is 14.8 Å². The third-order valence-electron chi connectivity index (χ3n) is 6.57. The molecule has 2 amide bonds. The lowest BCUT2D eigenvalue weighted by molar-refractivity contribution is 0.229. The van der Waals surface area contributed by atoms with Gasteiger partial charge in [0.2, 0.25) is 5.95 Å². The highest BCUT2D eigenvalue weighted by Gasteiger charge is 2.32. The number of hydrogen-bond donors (Lipinski definition) is 2. The molecular weight excluding hydrogens is 388 g/mol. The van der Waals surface area contributed by atoms with E-state index < -0.39 is 0 Å². The van der Waals surface area contributed by atoms with E-state index in [1.165, 1.54) is 11.1 Å². The van der Waals surface area contributed by atoms with Crippen LogP contribution in [0.15, 0.2) is 42.7 Å². The van der Waals surface area contributed by atoms with Crippen molar-refractivity contribution in [3.8, 4) is 0 Å². The highest BCUT2D eigenvalue weighted by Crippen LogP contribution is 2.41. The molecule has 1 aliphatic carbocycles. The molecule has 2 heterocycles. The van der Waals surface area contributed by atoms with Gasteiger partial charge in [0.25, 0.3) is 0 Å². The zero-order valence-corrected chi connectivity index (χ0v) is 18.7. The number of urea groups is 1. The summed E-state index contributed by atoms with van der Waals surface area (Å²) >= 11 is 0. The van der Waals surface area contributed by atoms with E-state index in [0.29, 0.717) is 6.54 Å². The number of fused-ring (bicyclic) bond motifs is 1.